The van der Waals surface area contributed by atoms with Crippen LogP contribution in [0.4, 0.5) is 0 Å². The summed E-state index contributed by atoms with van der Waals surface area (Å²) < 4.78 is 32.6. The Bertz CT molecular complexity index is 822. The minimum absolute atomic E-state index is 0.116. The molecule has 1 aromatic carbocycles. The average molecular weight is 382 g/mol. The van der Waals surface area contributed by atoms with E-state index in [-0.39, 0.29) is 4.90 Å². The zero-order valence-electron chi connectivity index (χ0n) is 13.9. The summed E-state index contributed by atoms with van der Waals surface area (Å²) in [6, 6.07) is 8.58. The molecule has 2 heterocycles. The van der Waals surface area contributed by atoms with Crippen molar-refractivity contribution in [3.63, 3.8) is 0 Å². The Hall–Kier alpha value is -1.67. The maximum Gasteiger partial charge on any atom is 0.246 e. The van der Waals surface area contributed by atoms with Gasteiger partial charge in [0.2, 0.25) is 10.0 Å². The minimum Gasteiger partial charge on any atom is -0.495 e. The first-order valence-electron chi connectivity index (χ1n) is 7.95. The van der Waals surface area contributed by atoms with Crippen LogP contribution in [0, 0.1) is 0 Å². The predicted molar refractivity (Wildman–Crippen MR) is 96.3 cm³/mol. The molecule has 0 bridgehead atoms. The number of methoxy groups -OCH3 is 1. The molecule has 25 heavy (non-hydrogen) atoms. The van der Waals surface area contributed by atoms with Gasteiger partial charge in [0, 0.05) is 50.1 Å². The number of sulfonamides is 1. The maximum atomic E-state index is 12.9. The zero-order chi connectivity index (χ0) is 17.9. The molecule has 8 heteroatoms. The lowest BCUT2D eigenvalue weighted by molar-refractivity contribution is 0.181. The van der Waals surface area contributed by atoms with Gasteiger partial charge < -0.3 is 4.74 Å². The molecule has 134 valence electrons. The van der Waals surface area contributed by atoms with Crippen LogP contribution in [0.3, 0.4) is 0 Å². The van der Waals surface area contributed by atoms with Crippen LogP contribution in [0.5, 0.6) is 5.75 Å². The summed E-state index contributed by atoms with van der Waals surface area (Å²) in [5.41, 5.74) is 1.17. The molecule has 0 spiro atoms. The summed E-state index contributed by atoms with van der Waals surface area (Å²) in [4.78, 5) is 6.36. The van der Waals surface area contributed by atoms with E-state index in [9.17, 15) is 8.42 Å². The van der Waals surface area contributed by atoms with E-state index in [0.717, 1.165) is 6.54 Å². The fraction of sp³-hybridized carbons (Fsp3) is 0.353. The normalized spacial score (nSPS) is 16.7. The minimum atomic E-state index is -3.64. The standard InChI is InChI=1S/C17H20ClN3O3S/c1-24-16-3-2-15(18)12-17(16)25(22,23)21-10-8-20(9-11-21)13-14-4-6-19-7-5-14/h2-7,12H,8-11,13H2,1H3. The highest BCUT2D eigenvalue weighted by atomic mass is 35.5. The van der Waals surface area contributed by atoms with E-state index in [0.29, 0.717) is 37.0 Å². The molecule has 1 saturated heterocycles. The van der Waals surface area contributed by atoms with Crippen LogP contribution < -0.4 is 4.74 Å². The smallest absolute Gasteiger partial charge is 0.246 e. The Morgan fingerprint density at radius 3 is 2.44 bits per heavy atom. The van der Waals surface area contributed by atoms with Crippen molar-refractivity contribution < 1.29 is 13.2 Å². The van der Waals surface area contributed by atoms with Crippen molar-refractivity contribution in [3.8, 4) is 5.75 Å². The van der Waals surface area contributed by atoms with E-state index in [1.165, 1.54) is 23.0 Å². The van der Waals surface area contributed by atoms with Crippen molar-refractivity contribution in [2.75, 3.05) is 33.3 Å². The van der Waals surface area contributed by atoms with Crippen molar-refractivity contribution in [3.05, 3.63) is 53.3 Å². The quantitative estimate of drug-likeness (QED) is 0.794. The molecule has 0 radical (unpaired) electrons. The van der Waals surface area contributed by atoms with Gasteiger partial charge in [0.25, 0.3) is 0 Å². The van der Waals surface area contributed by atoms with E-state index >= 15 is 0 Å². The predicted octanol–water partition coefficient (Wildman–Crippen LogP) is 2.25. The van der Waals surface area contributed by atoms with Crippen LogP contribution in [-0.2, 0) is 16.6 Å². The molecule has 3 rings (SSSR count). The highest BCUT2D eigenvalue weighted by Crippen LogP contribution is 2.30. The van der Waals surface area contributed by atoms with Gasteiger partial charge in [-0.05, 0) is 35.9 Å². The third-order valence-electron chi connectivity index (χ3n) is 4.23. The second-order valence-electron chi connectivity index (χ2n) is 5.83. The third-order valence-corrected chi connectivity index (χ3v) is 6.39. The molecule has 1 fully saturated rings. The van der Waals surface area contributed by atoms with Crippen molar-refractivity contribution >= 4 is 21.6 Å². The van der Waals surface area contributed by atoms with Crippen LogP contribution >= 0.6 is 11.6 Å². The Morgan fingerprint density at radius 2 is 1.80 bits per heavy atom. The van der Waals surface area contributed by atoms with E-state index in [2.05, 4.69) is 9.88 Å². The first-order chi connectivity index (χ1) is 12.0. The molecule has 0 amide bonds. The number of nitrogens with zero attached hydrogens (tertiary/aromatic N) is 3. The van der Waals surface area contributed by atoms with Gasteiger partial charge in [-0.15, -0.1) is 0 Å². The Labute approximate surface area is 153 Å². The number of rotatable bonds is 5. The van der Waals surface area contributed by atoms with Gasteiger partial charge in [0.1, 0.15) is 10.6 Å². The van der Waals surface area contributed by atoms with Gasteiger partial charge >= 0.3 is 0 Å². The van der Waals surface area contributed by atoms with Crippen molar-refractivity contribution in [1.82, 2.24) is 14.2 Å². The van der Waals surface area contributed by atoms with Gasteiger partial charge in [-0.3, -0.25) is 9.88 Å². The number of hydrogen-bond acceptors (Lipinski definition) is 5. The number of hydrogen-bond donors (Lipinski definition) is 0. The molecule has 2 aromatic rings. The third kappa shape index (κ3) is 4.12. The van der Waals surface area contributed by atoms with Gasteiger partial charge in [0.05, 0.1) is 7.11 Å². The number of ether oxygens (including phenoxy) is 1. The van der Waals surface area contributed by atoms with E-state index in [1.807, 2.05) is 12.1 Å². The number of halogens is 1. The molecular formula is C17H20ClN3O3S. The monoisotopic (exact) mass is 381 g/mol. The Kier molecular flexibility index (Phi) is 5.58. The lowest BCUT2D eigenvalue weighted by Gasteiger charge is -2.34. The number of aromatic nitrogens is 1. The average Bonchev–Trinajstić information content (AvgIpc) is 2.63. The van der Waals surface area contributed by atoms with Crippen molar-refractivity contribution in [2.45, 2.75) is 11.4 Å². The largest absolute Gasteiger partial charge is 0.495 e. The molecule has 0 unspecified atom stereocenters. The second kappa shape index (κ2) is 7.70. The summed E-state index contributed by atoms with van der Waals surface area (Å²) in [6.45, 7) is 3.00. The molecule has 0 N–H and O–H groups in total. The Balaban J connectivity index is 1.71. The fourth-order valence-corrected chi connectivity index (χ4v) is 4.71. The van der Waals surface area contributed by atoms with E-state index in [1.54, 1.807) is 24.5 Å². The lowest BCUT2D eigenvalue weighted by atomic mass is 10.2. The maximum absolute atomic E-state index is 12.9. The SMILES string of the molecule is COc1ccc(Cl)cc1S(=O)(=O)N1CCN(Cc2ccncc2)CC1. The molecule has 0 aliphatic carbocycles. The molecular weight excluding hydrogens is 362 g/mol. The molecule has 0 atom stereocenters. The summed E-state index contributed by atoms with van der Waals surface area (Å²) in [7, 11) is -2.18. The first-order valence-corrected chi connectivity index (χ1v) is 9.77. The fourth-order valence-electron chi connectivity index (χ4n) is 2.87. The summed E-state index contributed by atoms with van der Waals surface area (Å²) in [6.07, 6.45) is 3.53. The molecule has 1 aliphatic heterocycles. The van der Waals surface area contributed by atoms with Crippen LogP contribution in [0.25, 0.3) is 0 Å². The lowest BCUT2D eigenvalue weighted by Crippen LogP contribution is -2.48. The molecule has 1 aromatic heterocycles. The molecule has 1 aliphatic rings. The molecule has 0 saturated carbocycles. The zero-order valence-corrected chi connectivity index (χ0v) is 15.5. The summed E-state index contributed by atoms with van der Waals surface area (Å²) >= 11 is 5.98. The van der Waals surface area contributed by atoms with E-state index in [4.69, 9.17) is 16.3 Å². The van der Waals surface area contributed by atoms with E-state index < -0.39 is 10.0 Å². The van der Waals surface area contributed by atoms with Gasteiger partial charge in [-0.1, -0.05) is 11.6 Å². The molecule has 6 nitrogen and oxygen atoms in total. The number of piperazine rings is 1. The summed E-state index contributed by atoms with van der Waals surface area (Å²) in [5, 5.41) is 0.371. The topological polar surface area (TPSA) is 62.7 Å². The van der Waals surface area contributed by atoms with Crippen LogP contribution in [0.15, 0.2) is 47.6 Å². The van der Waals surface area contributed by atoms with Crippen molar-refractivity contribution in [2.24, 2.45) is 0 Å². The van der Waals surface area contributed by atoms with Crippen LogP contribution in [0.2, 0.25) is 5.02 Å². The van der Waals surface area contributed by atoms with Gasteiger partial charge in [-0.25, -0.2) is 8.42 Å². The highest BCUT2D eigenvalue weighted by molar-refractivity contribution is 7.89. The van der Waals surface area contributed by atoms with Crippen LogP contribution in [-0.4, -0.2) is 55.9 Å². The van der Waals surface area contributed by atoms with Crippen LogP contribution in [0.1, 0.15) is 5.56 Å². The van der Waals surface area contributed by atoms with Gasteiger partial charge in [0.15, 0.2) is 0 Å². The number of benzene rings is 1. The highest BCUT2D eigenvalue weighted by Gasteiger charge is 2.31. The summed E-state index contributed by atoms with van der Waals surface area (Å²) in [5.74, 6) is 0.309. The van der Waals surface area contributed by atoms with Crippen molar-refractivity contribution in [1.29, 1.82) is 0 Å². The second-order valence-corrected chi connectivity index (χ2v) is 8.17. The first kappa shape index (κ1) is 18.1. The Morgan fingerprint density at radius 1 is 1.12 bits per heavy atom. The van der Waals surface area contributed by atoms with Gasteiger partial charge in [-0.2, -0.15) is 4.31 Å². The number of pyridine rings is 1.